The molecule has 1 aromatic rings. The van der Waals surface area contributed by atoms with Crippen LogP contribution < -0.4 is 4.72 Å². The lowest BCUT2D eigenvalue weighted by Gasteiger charge is -2.06. The van der Waals surface area contributed by atoms with Crippen LogP contribution in [0.4, 0.5) is 0 Å². The molecule has 0 N–H and O–H groups in total. The van der Waals surface area contributed by atoms with Gasteiger partial charge in [0, 0.05) is 5.56 Å². The Morgan fingerprint density at radius 1 is 1.22 bits per heavy atom. The van der Waals surface area contributed by atoms with Gasteiger partial charge in [-0.2, -0.15) is 0 Å². The Hall–Kier alpha value is -1.36. The van der Waals surface area contributed by atoms with Crippen molar-refractivity contribution in [3.63, 3.8) is 0 Å². The zero-order chi connectivity index (χ0) is 13.8. The quantitative estimate of drug-likeness (QED) is 0.823. The topological polar surface area (TPSA) is 65.3 Å². The highest BCUT2D eigenvalue weighted by atomic mass is 32.2. The largest absolute Gasteiger partial charge is 0.287 e. The molecule has 0 atom stereocenters. The molecule has 1 radical (unpaired) electrons. The van der Waals surface area contributed by atoms with Crippen molar-refractivity contribution in [3.05, 3.63) is 35.4 Å². The molecule has 0 aliphatic carbocycles. The number of hydrogen-bond acceptors (Lipinski definition) is 3. The van der Waals surface area contributed by atoms with E-state index >= 15 is 0 Å². The van der Waals surface area contributed by atoms with E-state index in [4.69, 9.17) is 0 Å². The van der Waals surface area contributed by atoms with Crippen LogP contribution in [0.25, 0.3) is 0 Å². The fourth-order valence-corrected chi connectivity index (χ4v) is 2.46. The van der Waals surface area contributed by atoms with E-state index in [-0.39, 0.29) is 5.75 Å². The fraction of sp³-hybridized carbons (Fsp3) is 0.462. The maximum Gasteiger partial charge on any atom is 0.287 e. The molecule has 1 amide bonds. The number of sulfonamides is 1. The Morgan fingerprint density at radius 3 is 2.22 bits per heavy atom. The highest BCUT2D eigenvalue weighted by Crippen LogP contribution is 2.14. The summed E-state index contributed by atoms with van der Waals surface area (Å²) < 4.78 is 26.1. The van der Waals surface area contributed by atoms with Crippen LogP contribution in [0, 0.1) is 0 Å². The molecule has 99 valence electrons. The standard InChI is InChI=1S/C13H18NO3S/c1-4-9-18(16,17)14-13(15)12-7-5-11(6-8-12)10(2)3/h5-8,10H,4,9H2,1-3H3. The highest BCUT2D eigenvalue weighted by Gasteiger charge is 2.17. The van der Waals surface area contributed by atoms with Gasteiger partial charge in [-0.15, -0.1) is 4.72 Å². The van der Waals surface area contributed by atoms with E-state index in [0.717, 1.165) is 5.56 Å². The van der Waals surface area contributed by atoms with E-state index in [1.54, 1.807) is 19.1 Å². The summed E-state index contributed by atoms with van der Waals surface area (Å²) in [7, 11) is -3.63. The molecule has 1 rings (SSSR count). The number of nitrogens with zero attached hydrogens (tertiary/aromatic N) is 1. The molecular formula is C13H18NO3S. The van der Waals surface area contributed by atoms with E-state index in [2.05, 4.69) is 4.72 Å². The molecule has 0 fully saturated rings. The highest BCUT2D eigenvalue weighted by molar-refractivity contribution is 7.89. The summed E-state index contributed by atoms with van der Waals surface area (Å²) in [5.41, 5.74) is 1.40. The Balaban J connectivity index is 2.79. The smallest absolute Gasteiger partial charge is 0.266 e. The van der Waals surface area contributed by atoms with E-state index in [0.29, 0.717) is 17.9 Å². The SMILES string of the molecule is CCCS(=O)(=O)[N]C(=O)c1ccc(C(C)C)cc1. The van der Waals surface area contributed by atoms with Crippen molar-refractivity contribution < 1.29 is 13.2 Å². The minimum Gasteiger partial charge on any atom is -0.266 e. The third-order valence-corrected chi connectivity index (χ3v) is 3.88. The van der Waals surface area contributed by atoms with Crippen molar-refractivity contribution >= 4 is 15.9 Å². The van der Waals surface area contributed by atoms with Crippen molar-refractivity contribution in [1.29, 1.82) is 0 Å². The van der Waals surface area contributed by atoms with Gasteiger partial charge in [0.2, 0.25) is 0 Å². The zero-order valence-corrected chi connectivity index (χ0v) is 11.7. The summed E-state index contributed by atoms with van der Waals surface area (Å²) in [6.45, 7) is 5.83. The average molecular weight is 268 g/mol. The molecule has 0 aliphatic heterocycles. The van der Waals surface area contributed by atoms with Gasteiger partial charge in [-0.05, 0) is 30.0 Å². The first-order valence-electron chi connectivity index (χ1n) is 5.95. The van der Waals surface area contributed by atoms with Crippen molar-refractivity contribution in [2.24, 2.45) is 0 Å². The minimum atomic E-state index is -3.63. The summed E-state index contributed by atoms with van der Waals surface area (Å²) in [6.07, 6.45) is 0.450. The first-order chi connectivity index (χ1) is 8.35. The normalized spacial score (nSPS) is 11.6. The number of rotatable bonds is 5. The summed E-state index contributed by atoms with van der Waals surface area (Å²) in [5, 5.41) is 0. The van der Waals surface area contributed by atoms with Gasteiger partial charge >= 0.3 is 0 Å². The molecule has 0 aliphatic rings. The third-order valence-electron chi connectivity index (χ3n) is 2.51. The van der Waals surface area contributed by atoms with Crippen LogP contribution in [-0.4, -0.2) is 20.1 Å². The van der Waals surface area contributed by atoms with Crippen LogP contribution in [0.2, 0.25) is 0 Å². The number of carbonyl (C=O) groups is 1. The second-order valence-electron chi connectivity index (χ2n) is 4.46. The van der Waals surface area contributed by atoms with E-state index in [1.807, 2.05) is 26.0 Å². The van der Waals surface area contributed by atoms with E-state index in [1.165, 1.54) is 0 Å². The Morgan fingerprint density at radius 2 is 1.78 bits per heavy atom. The predicted molar refractivity (Wildman–Crippen MR) is 71.1 cm³/mol. The Kier molecular flexibility index (Phi) is 4.90. The maximum atomic E-state index is 11.7. The van der Waals surface area contributed by atoms with Gasteiger partial charge in [-0.3, -0.25) is 4.79 Å². The van der Waals surface area contributed by atoms with E-state index < -0.39 is 15.9 Å². The zero-order valence-electron chi connectivity index (χ0n) is 10.9. The summed E-state index contributed by atoms with van der Waals surface area (Å²) in [5.74, 6) is -0.420. The molecule has 0 heterocycles. The van der Waals surface area contributed by atoms with Crippen LogP contribution in [0.1, 0.15) is 49.0 Å². The average Bonchev–Trinajstić information content (AvgIpc) is 2.28. The van der Waals surface area contributed by atoms with Crippen LogP contribution in [-0.2, 0) is 10.0 Å². The molecule has 0 saturated carbocycles. The molecule has 5 heteroatoms. The van der Waals surface area contributed by atoms with Crippen LogP contribution in [0.5, 0.6) is 0 Å². The number of carbonyl (C=O) groups excluding carboxylic acids is 1. The molecule has 0 unspecified atom stereocenters. The molecular weight excluding hydrogens is 250 g/mol. The van der Waals surface area contributed by atoms with Crippen LogP contribution >= 0.6 is 0 Å². The minimum absolute atomic E-state index is 0.0944. The molecule has 0 saturated heterocycles. The Labute approximate surface area is 108 Å². The van der Waals surface area contributed by atoms with Crippen molar-refractivity contribution in [3.8, 4) is 0 Å². The number of benzene rings is 1. The second kappa shape index (κ2) is 6.00. The lowest BCUT2D eigenvalue weighted by Crippen LogP contribution is -2.25. The van der Waals surface area contributed by atoms with Gasteiger partial charge in [0.25, 0.3) is 15.9 Å². The lowest BCUT2D eigenvalue weighted by atomic mass is 10.0. The van der Waals surface area contributed by atoms with Gasteiger partial charge < -0.3 is 0 Å². The van der Waals surface area contributed by atoms with Gasteiger partial charge in [0.15, 0.2) is 0 Å². The maximum absolute atomic E-state index is 11.7. The molecule has 0 aromatic heterocycles. The lowest BCUT2D eigenvalue weighted by molar-refractivity contribution is 0.0978. The van der Waals surface area contributed by atoms with Crippen LogP contribution in [0.15, 0.2) is 24.3 Å². The molecule has 18 heavy (non-hydrogen) atoms. The van der Waals surface area contributed by atoms with Crippen molar-refractivity contribution in [1.82, 2.24) is 4.72 Å². The fourth-order valence-electron chi connectivity index (χ4n) is 1.49. The summed E-state index contributed by atoms with van der Waals surface area (Å²) in [6, 6.07) is 6.87. The van der Waals surface area contributed by atoms with Gasteiger partial charge in [0.1, 0.15) is 0 Å². The molecule has 0 bridgehead atoms. The number of amides is 1. The van der Waals surface area contributed by atoms with Crippen molar-refractivity contribution in [2.45, 2.75) is 33.1 Å². The van der Waals surface area contributed by atoms with Crippen molar-refractivity contribution in [2.75, 3.05) is 5.75 Å². The molecule has 0 spiro atoms. The Bertz CT molecular complexity index is 504. The van der Waals surface area contributed by atoms with Gasteiger partial charge in [0.05, 0.1) is 5.75 Å². The summed E-state index contributed by atoms with van der Waals surface area (Å²) >= 11 is 0. The molecule has 4 nitrogen and oxygen atoms in total. The third kappa shape index (κ3) is 4.14. The monoisotopic (exact) mass is 268 g/mol. The first kappa shape index (κ1) is 14.7. The molecule has 1 aromatic carbocycles. The predicted octanol–water partition coefficient (Wildman–Crippen LogP) is 2.29. The van der Waals surface area contributed by atoms with E-state index in [9.17, 15) is 13.2 Å². The number of hydrogen-bond donors (Lipinski definition) is 0. The summed E-state index contributed by atoms with van der Waals surface area (Å²) in [4.78, 5) is 11.7. The second-order valence-corrected chi connectivity index (χ2v) is 6.21. The van der Waals surface area contributed by atoms with Crippen LogP contribution in [0.3, 0.4) is 0 Å². The van der Waals surface area contributed by atoms with Gasteiger partial charge in [-0.25, -0.2) is 8.42 Å². The first-order valence-corrected chi connectivity index (χ1v) is 7.56. The van der Waals surface area contributed by atoms with Gasteiger partial charge in [-0.1, -0.05) is 32.9 Å².